The molecule has 0 amide bonds. The van der Waals surface area contributed by atoms with Crippen LogP contribution in [-0.4, -0.2) is 38.8 Å². The van der Waals surface area contributed by atoms with Gasteiger partial charge in [0.25, 0.3) is 0 Å². The third-order valence-electron chi connectivity index (χ3n) is 3.18. The van der Waals surface area contributed by atoms with Gasteiger partial charge in [0.2, 0.25) is 0 Å². The van der Waals surface area contributed by atoms with Crippen molar-refractivity contribution in [2.45, 2.75) is 33.7 Å². The standard InChI is InChI=1S/C13H23N3O2/c1-5-11-7-12(15(4)14-11)9-16(6-2)8-10(3)13(17)18/h7,10H,5-6,8-9H2,1-4H3,(H,17,18). The van der Waals surface area contributed by atoms with Crippen molar-refractivity contribution in [1.82, 2.24) is 14.7 Å². The Morgan fingerprint density at radius 3 is 2.67 bits per heavy atom. The van der Waals surface area contributed by atoms with Crippen molar-refractivity contribution in [3.63, 3.8) is 0 Å². The van der Waals surface area contributed by atoms with Crippen molar-refractivity contribution >= 4 is 5.97 Å². The monoisotopic (exact) mass is 253 g/mol. The molecule has 18 heavy (non-hydrogen) atoms. The van der Waals surface area contributed by atoms with Crippen LogP contribution in [0.3, 0.4) is 0 Å². The van der Waals surface area contributed by atoms with Crippen molar-refractivity contribution in [3.8, 4) is 0 Å². The van der Waals surface area contributed by atoms with Gasteiger partial charge in [0.1, 0.15) is 0 Å². The van der Waals surface area contributed by atoms with E-state index in [2.05, 4.69) is 23.0 Å². The molecule has 0 spiro atoms. The number of aromatic nitrogens is 2. The van der Waals surface area contributed by atoms with E-state index in [1.54, 1.807) is 6.92 Å². The molecule has 0 aliphatic heterocycles. The van der Waals surface area contributed by atoms with E-state index in [1.807, 2.05) is 18.7 Å². The average Bonchev–Trinajstić information content (AvgIpc) is 2.69. The molecule has 1 atom stereocenters. The van der Waals surface area contributed by atoms with Gasteiger partial charge in [-0.1, -0.05) is 20.8 Å². The SMILES string of the molecule is CCc1cc(CN(CC)CC(C)C(=O)O)n(C)n1. The fourth-order valence-electron chi connectivity index (χ4n) is 1.89. The second-order valence-corrected chi connectivity index (χ2v) is 4.67. The van der Waals surface area contributed by atoms with Gasteiger partial charge in [-0.15, -0.1) is 0 Å². The van der Waals surface area contributed by atoms with E-state index in [4.69, 9.17) is 5.11 Å². The minimum Gasteiger partial charge on any atom is -0.481 e. The maximum absolute atomic E-state index is 10.9. The van der Waals surface area contributed by atoms with Gasteiger partial charge in [0.05, 0.1) is 17.3 Å². The molecule has 1 heterocycles. The largest absolute Gasteiger partial charge is 0.481 e. The van der Waals surface area contributed by atoms with Gasteiger partial charge in [-0.05, 0) is 19.0 Å². The Bertz CT molecular complexity index is 401. The number of aliphatic carboxylic acids is 1. The molecule has 0 saturated carbocycles. The van der Waals surface area contributed by atoms with Crippen LogP contribution < -0.4 is 0 Å². The Morgan fingerprint density at radius 2 is 2.22 bits per heavy atom. The van der Waals surface area contributed by atoms with E-state index >= 15 is 0 Å². The highest BCUT2D eigenvalue weighted by Gasteiger charge is 2.16. The number of carboxylic acids is 1. The summed E-state index contributed by atoms with van der Waals surface area (Å²) in [5.74, 6) is -1.09. The summed E-state index contributed by atoms with van der Waals surface area (Å²) >= 11 is 0. The Hall–Kier alpha value is -1.36. The summed E-state index contributed by atoms with van der Waals surface area (Å²) in [5.41, 5.74) is 2.21. The van der Waals surface area contributed by atoms with Crippen LogP contribution in [0.1, 0.15) is 32.2 Å². The number of nitrogens with zero attached hydrogens (tertiary/aromatic N) is 3. The summed E-state index contributed by atoms with van der Waals surface area (Å²) in [4.78, 5) is 13.0. The lowest BCUT2D eigenvalue weighted by atomic mass is 10.1. The molecule has 1 rings (SSSR count). The van der Waals surface area contributed by atoms with E-state index in [9.17, 15) is 4.79 Å². The number of rotatable bonds is 7. The highest BCUT2D eigenvalue weighted by Crippen LogP contribution is 2.09. The molecular weight excluding hydrogens is 230 g/mol. The number of aryl methyl sites for hydroxylation is 2. The molecule has 0 radical (unpaired) electrons. The summed E-state index contributed by atoms with van der Waals surface area (Å²) < 4.78 is 1.88. The van der Waals surface area contributed by atoms with Crippen LogP contribution >= 0.6 is 0 Å². The predicted molar refractivity (Wildman–Crippen MR) is 70.3 cm³/mol. The van der Waals surface area contributed by atoms with Gasteiger partial charge >= 0.3 is 5.97 Å². The molecule has 0 bridgehead atoms. The number of carboxylic acid groups (broad SMARTS) is 1. The summed E-state index contributed by atoms with van der Waals surface area (Å²) in [7, 11) is 1.93. The van der Waals surface area contributed by atoms with Gasteiger partial charge in [-0.2, -0.15) is 5.10 Å². The van der Waals surface area contributed by atoms with Crippen LogP contribution in [0.4, 0.5) is 0 Å². The molecule has 5 heteroatoms. The van der Waals surface area contributed by atoms with Crippen LogP contribution in [0, 0.1) is 5.92 Å². The molecule has 1 N–H and O–H groups in total. The first-order chi connectivity index (χ1) is 8.47. The Morgan fingerprint density at radius 1 is 1.56 bits per heavy atom. The molecule has 1 aromatic rings. The number of hydrogen-bond acceptors (Lipinski definition) is 3. The predicted octanol–water partition coefficient (Wildman–Crippen LogP) is 1.53. The summed E-state index contributed by atoms with van der Waals surface area (Å²) in [6.07, 6.45) is 0.922. The van der Waals surface area contributed by atoms with E-state index in [-0.39, 0.29) is 5.92 Å². The maximum Gasteiger partial charge on any atom is 0.307 e. The first-order valence-corrected chi connectivity index (χ1v) is 6.44. The van der Waals surface area contributed by atoms with Crippen LogP contribution in [0.25, 0.3) is 0 Å². The van der Waals surface area contributed by atoms with E-state index in [1.165, 1.54) is 0 Å². The van der Waals surface area contributed by atoms with Crippen molar-refractivity contribution in [2.75, 3.05) is 13.1 Å². The minimum absolute atomic E-state index is 0.344. The van der Waals surface area contributed by atoms with E-state index in [0.29, 0.717) is 6.54 Å². The van der Waals surface area contributed by atoms with Gasteiger partial charge in [-0.25, -0.2) is 0 Å². The van der Waals surface area contributed by atoms with Gasteiger partial charge < -0.3 is 5.11 Å². The Labute approximate surface area is 108 Å². The zero-order chi connectivity index (χ0) is 13.7. The molecule has 0 aromatic carbocycles. The van der Waals surface area contributed by atoms with Crippen molar-refractivity contribution in [1.29, 1.82) is 0 Å². The van der Waals surface area contributed by atoms with Crippen molar-refractivity contribution in [2.24, 2.45) is 13.0 Å². The molecule has 1 unspecified atom stereocenters. The van der Waals surface area contributed by atoms with Crippen LogP contribution in [0.15, 0.2) is 6.07 Å². The second-order valence-electron chi connectivity index (χ2n) is 4.67. The summed E-state index contributed by atoms with van der Waals surface area (Å²) in [5, 5.41) is 13.3. The molecular formula is C13H23N3O2. The van der Waals surface area contributed by atoms with Crippen LogP contribution in [0.5, 0.6) is 0 Å². The number of carbonyl (C=O) groups is 1. The van der Waals surface area contributed by atoms with Crippen molar-refractivity contribution in [3.05, 3.63) is 17.5 Å². The van der Waals surface area contributed by atoms with Gasteiger partial charge in [0, 0.05) is 20.1 Å². The Balaban J connectivity index is 2.67. The summed E-state index contributed by atoms with van der Waals surface area (Å²) in [6, 6.07) is 2.09. The lowest BCUT2D eigenvalue weighted by molar-refractivity contribution is -0.141. The first-order valence-electron chi connectivity index (χ1n) is 6.44. The second kappa shape index (κ2) is 6.54. The third kappa shape index (κ3) is 3.84. The zero-order valence-corrected chi connectivity index (χ0v) is 11.7. The maximum atomic E-state index is 10.9. The minimum atomic E-state index is -0.743. The lowest BCUT2D eigenvalue weighted by Gasteiger charge is -2.22. The van der Waals surface area contributed by atoms with Gasteiger partial charge in [-0.3, -0.25) is 14.4 Å². The lowest BCUT2D eigenvalue weighted by Crippen LogP contribution is -2.32. The van der Waals surface area contributed by atoms with E-state index in [0.717, 1.165) is 30.9 Å². The molecule has 102 valence electrons. The van der Waals surface area contributed by atoms with Gasteiger partial charge in [0.15, 0.2) is 0 Å². The molecule has 5 nitrogen and oxygen atoms in total. The normalized spacial score (nSPS) is 12.9. The fraction of sp³-hybridized carbons (Fsp3) is 0.692. The summed E-state index contributed by atoms with van der Waals surface area (Å²) in [6.45, 7) is 8.02. The van der Waals surface area contributed by atoms with E-state index < -0.39 is 5.97 Å². The van der Waals surface area contributed by atoms with Crippen LogP contribution in [-0.2, 0) is 24.8 Å². The third-order valence-corrected chi connectivity index (χ3v) is 3.18. The van der Waals surface area contributed by atoms with Crippen LogP contribution in [0.2, 0.25) is 0 Å². The molecule has 0 fully saturated rings. The van der Waals surface area contributed by atoms with Crippen molar-refractivity contribution < 1.29 is 9.90 Å². The quantitative estimate of drug-likeness (QED) is 0.800. The first kappa shape index (κ1) is 14.7. The fourth-order valence-corrected chi connectivity index (χ4v) is 1.89. The topological polar surface area (TPSA) is 58.4 Å². The Kier molecular flexibility index (Phi) is 5.34. The smallest absolute Gasteiger partial charge is 0.307 e. The average molecular weight is 253 g/mol. The molecule has 0 aliphatic carbocycles. The molecule has 0 saturated heterocycles. The molecule has 1 aromatic heterocycles. The molecule has 0 aliphatic rings. The highest BCUT2D eigenvalue weighted by molar-refractivity contribution is 5.69. The highest BCUT2D eigenvalue weighted by atomic mass is 16.4. The number of hydrogen-bond donors (Lipinski definition) is 1. The zero-order valence-electron chi connectivity index (χ0n) is 11.7.